The van der Waals surface area contributed by atoms with Gasteiger partial charge < -0.3 is 10.2 Å². The molecule has 3 heteroatoms. The number of hydrogen-bond acceptors (Lipinski definition) is 3. The van der Waals surface area contributed by atoms with E-state index in [-0.39, 0.29) is 0 Å². The van der Waals surface area contributed by atoms with Crippen LogP contribution in [0, 0.1) is 0 Å². The highest BCUT2D eigenvalue weighted by Crippen LogP contribution is 2.21. The first-order valence-electron chi connectivity index (χ1n) is 7.42. The van der Waals surface area contributed by atoms with Gasteiger partial charge in [0.05, 0.1) is 0 Å². The van der Waals surface area contributed by atoms with Crippen LogP contribution in [0.25, 0.3) is 0 Å². The fraction of sp³-hybridized carbons (Fsp3) is 0.625. The maximum atomic E-state index is 3.28. The van der Waals surface area contributed by atoms with Crippen LogP contribution in [-0.4, -0.2) is 44.2 Å². The summed E-state index contributed by atoms with van der Waals surface area (Å²) in [6, 6.07) is 10.1. The first-order chi connectivity index (χ1) is 9.15. The molecule has 1 aliphatic rings. The zero-order valence-corrected chi connectivity index (χ0v) is 12.7. The van der Waals surface area contributed by atoms with E-state index >= 15 is 0 Å². The Bertz CT molecular complexity index is 387. The van der Waals surface area contributed by atoms with Crippen molar-refractivity contribution < 1.29 is 0 Å². The second-order valence-corrected chi connectivity index (χ2v) is 5.53. The number of benzene rings is 1. The monoisotopic (exact) mass is 261 g/mol. The van der Waals surface area contributed by atoms with Gasteiger partial charge in [0.2, 0.25) is 0 Å². The first-order valence-corrected chi connectivity index (χ1v) is 7.42. The van der Waals surface area contributed by atoms with E-state index in [0.717, 1.165) is 19.6 Å². The summed E-state index contributed by atoms with van der Waals surface area (Å²) in [5.41, 5.74) is 2.71. The van der Waals surface area contributed by atoms with Gasteiger partial charge in [-0.3, -0.25) is 4.90 Å². The van der Waals surface area contributed by atoms with Gasteiger partial charge in [-0.15, -0.1) is 0 Å². The van der Waals surface area contributed by atoms with Gasteiger partial charge in [-0.25, -0.2) is 0 Å². The molecule has 2 atom stereocenters. The second kappa shape index (κ2) is 6.40. The highest BCUT2D eigenvalue weighted by atomic mass is 15.3. The molecule has 1 N–H and O–H groups in total. The fourth-order valence-corrected chi connectivity index (χ4v) is 2.84. The standard InChI is InChI=1S/C16H27N3/c1-5-18-10-11-19(12-13(18)2)16-8-6-15(7-9-16)14(3)17-4/h6-9,13-14,17H,5,10-12H2,1-4H3. The lowest BCUT2D eigenvalue weighted by Gasteiger charge is -2.40. The van der Waals surface area contributed by atoms with Crippen LogP contribution in [0.3, 0.4) is 0 Å². The molecule has 3 nitrogen and oxygen atoms in total. The van der Waals surface area contributed by atoms with Crippen molar-refractivity contribution in [3.8, 4) is 0 Å². The minimum atomic E-state index is 0.421. The lowest BCUT2D eigenvalue weighted by Crippen LogP contribution is -2.51. The third-order valence-corrected chi connectivity index (χ3v) is 4.36. The predicted octanol–water partition coefficient (Wildman–Crippen LogP) is 2.50. The van der Waals surface area contributed by atoms with Gasteiger partial charge in [-0.1, -0.05) is 19.1 Å². The van der Waals surface area contributed by atoms with Crippen molar-refractivity contribution in [1.29, 1.82) is 0 Å². The molecule has 0 bridgehead atoms. The lowest BCUT2D eigenvalue weighted by atomic mass is 10.1. The van der Waals surface area contributed by atoms with Crippen molar-refractivity contribution in [3.63, 3.8) is 0 Å². The Hall–Kier alpha value is -1.06. The van der Waals surface area contributed by atoms with E-state index in [1.807, 2.05) is 7.05 Å². The van der Waals surface area contributed by atoms with Crippen LogP contribution in [0.2, 0.25) is 0 Å². The van der Waals surface area contributed by atoms with Crippen molar-refractivity contribution in [1.82, 2.24) is 10.2 Å². The summed E-state index contributed by atoms with van der Waals surface area (Å²) in [6.45, 7) is 11.4. The van der Waals surface area contributed by atoms with E-state index in [9.17, 15) is 0 Å². The normalized spacial score (nSPS) is 22.5. The SMILES string of the molecule is CCN1CCN(c2ccc(C(C)NC)cc2)CC1C. The van der Waals surface area contributed by atoms with E-state index in [0.29, 0.717) is 12.1 Å². The summed E-state index contributed by atoms with van der Waals surface area (Å²) < 4.78 is 0. The van der Waals surface area contributed by atoms with Crippen LogP contribution >= 0.6 is 0 Å². The average Bonchev–Trinajstić information content (AvgIpc) is 2.46. The van der Waals surface area contributed by atoms with Crippen LogP contribution < -0.4 is 10.2 Å². The summed E-state index contributed by atoms with van der Waals surface area (Å²) >= 11 is 0. The van der Waals surface area contributed by atoms with Crippen molar-refractivity contribution in [2.45, 2.75) is 32.9 Å². The van der Waals surface area contributed by atoms with Crippen molar-refractivity contribution >= 4 is 5.69 Å². The fourth-order valence-electron chi connectivity index (χ4n) is 2.84. The van der Waals surface area contributed by atoms with E-state index in [2.05, 4.69) is 60.2 Å². The quantitative estimate of drug-likeness (QED) is 0.898. The maximum absolute atomic E-state index is 3.28. The maximum Gasteiger partial charge on any atom is 0.0367 e. The zero-order chi connectivity index (χ0) is 13.8. The van der Waals surface area contributed by atoms with E-state index in [4.69, 9.17) is 0 Å². The molecular formula is C16H27N3. The number of hydrogen-bond donors (Lipinski definition) is 1. The summed E-state index contributed by atoms with van der Waals surface area (Å²) in [4.78, 5) is 5.05. The molecule has 0 aromatic heterocycles. The van der Waals surface area contributed by atoms with Crippen LogP contribution in [0.4, 0.5) is 5.69 Å². The van der Waals surface area contributed by atoms with Crippen LogP contribution in [0.1, 0.15) is 32.4 Å². The highest BCUT2D eigenvalue weighted by Gasteiger charge is 2.22. The lowest BCUT2D eigenvalue weighted by molar-refractivity contribution is 0.199. The summed E-state index contributed by atoms with van der Waals surface area (Å²) in [7, 11) is 2.00. The molecule has 0 amide bonds. The van der Waals surface area contributed by atoms with Gasteiger partial charge in [0.15, 0.2) is 0 Å². The van der Waals surface area contributed by atoms with Crippen LogP contribution in [-0.2, 0) is 0 Å². The molecule has 0 spiro atoms. The van der Waals surface area contributed by atoms with Gasteiger partial charge in [-0.05, 0) is 45.1 Å². The Morgan fingerprint density at radius 2 is 1.95 bits per heavy atom. The third-order valence-electron chi connectivity index (χ3n) is 4.36. The number of rotatable bonds is 4. The van der Waals surface area contributed by atoms with Gasteiger partial charge >= 0.3 is 0 Å². The van der Waals surface area contributed by atoms with E-state index in [1.165, 1.54) is 17.8 Å². The molecule has 1 fully saturated rings. The molecule has 0 saturated carbocycles. The first kappa shape index (κ1) is 14.4. The Morgan fingerprint density at radius 1 is 1.26 bits per heavy atom. The topological polar surface area (TPSA) is 18.5 Å². The Balaban J connectivity index is 2.03. The number of likely N-dealkylation sites (N-methyl/N-ethyl adjacent to an activating group) is 1. The molecule has 2 rings (SSSR count). The molecule has 0 aliphatic carbocycles. The van der Waals surface area contributed by atoms with Crippen LogP contribution in [0.5, 0.6) is 0 Å². The molecule has 1 aromatic rings. The molecular weight excluding hydrogens is 234 g/mol. The molecule has 1 aliphatic heterocycles. The van der Waals surface area contributed by atoms with Crippen molar-refractivity contribution in [3.05, 3.63) is 29.8 Å². The Labute approximate surface area is 117 Å². The average molecular weight is 261 g/mol. The van der Waals surface area contributed by atoms with Crippen molar-refractivity contribution in [2.24, 2.45) is 0 Å². The number of anilines is 1. The Kier molecular flexibility index (Phi) is 4.83. The number of piperazine rings is 1. The molecule has 19 heavy (non-hydrogen) atoms. The van der Waals surface area contributed by atoms with Gasteiger partial charge in [0, 0.05) is 37.4 Å². The minimum absolute atomic E-state index is 0.421. The second-order valence-electron chi connectivity index (χ2n) is 5.53. The molecule has 106 valence electrons. The van der Waals surface area contributed by atoms with E-state index < -0.39 is 0 Å². The molecule has 1 saturated heterocycles. The number of nitrogens with zero attached hydrogens (tertiary/aromatic N) is 2. The predicted molar refractivity (Wildman–Crippen MR) is 82.8 cm³/mol. The number of nitrogens with one attached hydrogen (secondary N) is 1. The highest BCUT2D eigenvalue weighted by molar-refractivity contribution is 5.48. The summed E-state index contributed by atoms with van der Waals surface area (Å²) in [5, 5.41) is 3.28. The van der Waals surface area contributed by atoms with E-state index in [1.54, 1.807) is 0 Å². The largest absolute Gasteiger partial charge is 0.369 e. The summed E-state index contributed by atoms with van der Waals surface area (Å²) in [5.74, 6) is 0. The molecule has 1 aromatic carbocycles. The van der Waals surface area contributed by atoms with Gasteiger partial charge in [0.1, 0.15) is 0 Å². The molecule has 1 heterocycles. The Morgan fingerprint density at radius 3 is 2.47 bits per heavy atom. The van der Waals surface area contributed by atoms with Gasteiger partial charge in [0.25, 0.3) is 0 Å². The van der Waals surface area contributed by atoms with Crippen LogP contribution in [0.15, 0.2) is 24.3 Å². The summed E-state index contributed by atoms with van der Waals surface area (Å²) in [6.07, 6.45) is 0. The molecule has 0 radical (unpaired) electrons. The van der Waals surface area contributed by atoms with Gasteiger partial charge in [-0.2, -0.15) is 0 Å². The van der Waals surface area contributed by atoms with Crippen molar-refractivity contribution in [2.75, 3.05) is 38.1 Å². The minimum Gasteiger partial charge on any atom is -0.369 e. The molecule has 2 unspecified atom stereocenters. The third kappa shape index (κ3) is 3.28. The smallest absolute Gasteiger partial charge is 0.0367 e. The zero-order valence-electron chi connectivity index (χ0n) is 12.7.